The summed E-state index contributed by atoms with van der Waals surface area (Å²) in [6.45, 7) is 3.77. The second-order valence-electron chi connectivity index (χ2n) is 6.44. The van der Waals surface area contributed by atoms with Gasteiger partial charge >= 0.3 is 0 Å². The summed E-state index contributed by atoms with van der Waals surface area (Å²) in [7, 11) is 4.65. The summed E-state index contributed by atoms with van der Waals surface area (Å²) in [5.74, 6) is 3.51. The van der Waals surface area contributed by atoms with Crippen LogP contribution in [0.2, 0.25) is 0 Å². The zero-order chi connectivity index (χ0) is 21.3. The van der Waals surface area contributed by atoms with Gasteiger partial charge in [0.05, 0.1) is 27.0 Å². The first-order chi connectivity index (χ1) is 14.5. The molecule has 0 amide bonds. The lowest BCUT2D eigenvalue weighted by Crippen LogP contribution is -2.03. The summed E-state index contributed by atoms with van der Waals surface area (Å²) in [4.78, 5) is 13.2. The van der Waals surface area contributed by atoms with Gasteiger partial charge in [-0.05, 0) is 26.0 Å². The van der Waals surface area contributed by atoms with E-state index >= 15 is 0 Å². The Labute approximate surface area is 173 Å². The summed E-state index contributed by atoms with van der Waals surface area (Å²) in [5, 5.41) is 4.63. The standard InChI is InChI=1S/C21H21N5O4/c1-12-18-21(30-15-10-16(27-3)19(29-5)17(11-15)28-4)24-20(14-6-8-22-9-7-14)25-26(18)13(2)23-12/h6-11H,1-5H3. The molecule has 4 rings (SSSR count). The van der Waals surface area contributed by atoms with E-state index in [0.717, 1.165) is 17.1 Å². The van der Waals surface area contributed by atoms with Gasteiger partial charge in [0, 0.05) is 30.1 Å². The largest absolute Gasteiger partial charge is 0.493 e. The highest BCUT2D eigenvalue weighted by Crippen LogP contribution is 2.42. The van der Waals surface area contributed by atoms with Crippen LogP contribution in [0, 0.1) is 13.8 Å². The Kier molecular flexibility index (Phi) is 5.09. The number of imidazole rings is 1. The number of hydrogen-bond acceptors (Lipinski definition) is 8. The highest BCUT2D eigenvalue weighted by Gasteiger charge is 2.20. The van der Waals surface area contributed by atoms with Crippen molar-refractivity contribution in [2.45, 2.75) is 13.8 Å². The van der Waals surface area contributed by atoms with Gasteiger partial charge in [-0.3, -0.25) is 4.98 Å². The molecular formula is C21H21N5O4. The minimum atomic E-state index is 0.365. The van der Waals surface area contributed by atoms with E-state index in [-0.39, 0.29) is 0 Å². The summed E-state index contributed by atoms with van der Waals surface area (Å²) in [6.07, 6.45) is 3.38. The van der Waals surface area contributed by atoms with Crippen LogP contribution in [0.3, 0.4) is 0 Å². The van der Waals surface area contributed by atoms with Gasteiger partial charge in [0.25, 0.3) is 0 Å². The zero-order valence-electron chi connectivity index (χ0n) is 17.3. The van der Waals surface area contributed by atoms with Crippen LogP contribution >= 0.6 is 0 Å². The topological polar surface area (TPSA) is 92.9 Å². The Hall–Kier alpha value is -3.88. The zero-order valence-corrected chi connectivity index (χ0v) is 17.3. The van der Waals surface area contributed by atoms with Gasteiger partial charge in [0.2, 0.25) is 11.6 Å². The summed E-state index contributed by atoms with van der Waals surface area (Å²) >= 11 is 0. The number of fused-ring (bicyclic) bond motifs is 1. The van der Waals surface area contributed by atoms with Crippen molar-refractivity contribution in [2.24, 2.45) is 0 Å². The second-order valence-corrected chi connectivity index (χ2v) is 6.44. The van der Waals surface area contributed by atoms with E-state index < -0.39 is 0 Å². The molecule has 0 spiro atoms. The number of pyridine rings is 1. The molecular weight excluding hydrogens is 386 g/mol. The molecule has 3 heterocycles. The number of methoxy groups -OCH3 is 3. The maximum Gasteiger partial charge on any atom is 0.249 e. The van der Waals surface area contributed by atoms with Crippen LogP contribution in [0.4, 0.5) is 0 Å². The maximum atomic E-state index is 6.19. The van der Waals surface area contributed by atoms with Crippen molar-refractivity contribution in [1.29, 1.82) is 0 Å². The summed E-state index contributed by atoms with van der Waals surface area (Å²) in [6, 6.07) is 7.10. The van der Waals surface area contributed by atoms with Crippen LogP contribution in [0.15, 0.2) is 36.7 Å². The molecule has 0 radical (unpaired) electrons. The van der Waals surface area contributed by atoms with Crippen LogP contribution in [0.5, 0.6) is 28.9 Å². The van der Waals surface area contributed by atoms with E-state index in [2.05, 4.69) is 20.1 Å². The Balaban J connectivity index is 1.88. The molecule has 0 aliphatic heterocycles. The minimum absolute atomic E-state index is 0.365. The Morgan fingerprint density at radius 1 is 0.867 bits per heavy atom. The van der Waals surface area contributed by atoms with Gasteiger partial charge in [-0.25, -0.2) is 9.50 Å². The number of nitrogens with zero attached hydrogens (tertiary/aromatic N) is 5. The van der Waals surface area contributed by atoms with E-state index in [1.54, 1.807) is 50.4 Å². The monoisotopic (exact) mass is 407 g/mol. The molecule has 0 unspecified atom stereocenters. The minimum Gasteiger partial charge on any atom is -0.493 e. The number of ether oxygens (including phenoxy) is 4. The summed E-state index contributed by atoms with van der Waals surface area (Å²) < 4.78 is 24.1. The lowest BCUT2D eigenvalue weighted by Gasteiger charge is -2.15. The molecule has 9 heteroatoms. The van der Waals surface area contributed by atoms with E-state index in [0.29, 0.717) is 40.2 Å². The van der Waals surface area contributed by atoms with Gasteiger partial charge in [0.1, 0.15) is 11.6 Å². The third kappa shape index (κ3) is 3.34. The fourth-order valence-corrected chi connectivity index (χ4v) is 3.21. The van der Waals surface area contributed by atoms with Crippen LogP contribution in [-0.4, -0.2) is 45.9 Å². The van der Waals surface area contributed by atoms with Crippen molar-refractivity contribution in [1.82, 2.24) is 24.6 Å². The first-order valence-electron chi connectivity index (χ1n) is 9.18. The van der Waals surface area contributed by atoms with Crippen molar-refractivity contribution in [3.8, 4) is 40.3 Å². The smallest absolute Gasteiger partial charge is 0.249 e. The number of aromatic nitrogens is 5. The van der Waals surface area contributed by atoms with E-state index in [1.807, 2.05) is 26.0 Å². The molecule has 0 fully saturated rings. The van der Waals surface area contributed by atoms with E-state index in [1.165, 1.54) is 0 Å². The van der Waals surface area contributed by atoms with Gasteiger partial charge in [0.15, 0.2) is 22.8 Å². The number of hydrogen-bond donors (Lipinski definition) is 0. The summed E-state index contributed by atoms with van der Waals surface area (Å²) in [5.41, 5.74) is 2.25. The normalized spacial score (nSPS) is 10.8. The average Bonchev–Trinajstić information content (AvgIpc) is 3.07. The van der Waals surface area contributed by atoms with E-state index in [9.17, 15) is 0 Å². The van der Waals surface area contributed by atoms with E-state index in [4.69, 9.17) is 18.9 Å². The van der Waals surface area contributed by atoms with Gasteiger partial charge < -0.3 is 18.9 Å². The highest BCUT2D eigenvalue weighted by molar-refractivity contribution is 5.66. The van der Waals surface area contributed by atoms with Crippen molar-refractivity contribution in [2.75, 3.05) is 21.3 Å². The molecule has 154 valence electrons. The third-order valence-corrected chi connectivity index (χ3v) is 4.59. The van der Waals surface area contributed by atoms with Crippen LogP contribution in [0.25, 0.3) is 16.9 Å². The van der Waals surface area contributed by atoms with Gasteiger partial charge in [-0.2, -0.15) is 4.98 Å². The molecule has 1 aromatic carbocycles. The SMILES string of the molecule is COc1cc(Oc2nc(-c3ccncc3)nn3c(C)nc(C)c23)cc(OC)c1OC. The average molecular weight is 407 g/mol. The van der Waals surface area contributed by atoms with Crippen molar-refractivity contribution in [3.05, 3.63) is 48.2 Å². The lowest BCUT2D eigenvalue weighted by molar-refractivity contribution is 0.320. The quantitative estimate of drug-likeness (QED) is 0.478. The maximum absolute atomic E-state index is 6.19. The molecule has 0 bridgehead atoms. The fourth-order valence-electron chi connectivity index (χ4n) is 3.21. The molecule has 0 aliphatic rings. The Morgan fingerprint density at radius 2 is 1.53 bits per heavy atom. The molecule has 0 saturated carbocycles. The van der Waals surface area contributed by atoms with Crippen LogP contribution in [0.1, 0.15) is 11.5 Å². The fraction of sp³-hybridized carbons (Fsp3) is 0.238. The Morgan fingerprint density at radius 3 is 2.13 bits per heavy atom. The first-order valence-corrected chi connectivity index (χ1v) is 9.18. The lowest BCUT2D eigenvalue weighted by atomic mass is 10.2. The van der Waals surface area contributed by atoms with Crippen LogP contribution < -0.4 is 18.9 Å². The second kappa shape index (κ2) is 7.86. The third-order valence-electron chi connectivity index (χ3n) is 4.59. The molecule has 3 aromatic heterocycles. The van der Waals surface area contributed by atoms with Crippen molar-refractivity contribution in [3.63, 3.8) is 0 Å². The molecule has 9 nitrogen and oxygen atoms in total. The molecule has 0 N–H and O–H groups in total. The van der Waals surface area contributed by atoms with Crippen molar-refractivity contribution >= 4 is 5.52 Å². The van der Waals surface area contributed by atoms with Crippen molar-refractivity contribution < 1.29 is 18.9 Å². The van der Waals surface area contributed by atoms with Gasteiger partial charge in [-0.1, -0.05) is 0 Å². The molecule has 4 aromatic rings. The first kappa shape index (κ1) is 19.4. The highest BCUT2D eigenvalue weighted by atomic mass is 16.5. The number of benzene rings is 1. The van der Waals surface area contributed by atoms with Crippen LogP contribution in [-0.2, 0) is 0 Å². The molecule has 0 saturated heterocycles. The number of aryl methyl sites for hydroxylation is 2. The number of rotatable bonds is 6. The molecule has 30 heavy (non-hydrogen) atoms. The van der Waals surface area contributed by atoms with Gasteiger partial charge in [-0.15, -0.1) is 5.10 Å². The molecule has 0 atom stereocenters. The predicted molar refractivity (Wildman–Crippen MR) is 110 cm³/mol. The predicted octanol–water partition coefficient (Wildman–Crippen LogP) is 3.62. The Bertz CT molecular complexity index is 1180. The molecule has 0 aliphatic carbocycles.